The molecule has 0 radical (unpaired) electrons. The Morgan fingerprint density at radius 1 is 0.538 bits per heavy atom. The third kappa shape index (κ3) is 5.36. The Hall–Kier alpha value is -4.96. The minimum atomic E-state index is -5.76. The average Bonchev–Trinajstić information content (AvgIpc) is 2.89. The van der Waals surface area contributed by atoms with Gasteiger partial charge in [-0.3, -0.25) is 0 Å². The van der Waals surface area contributed by atoms with E-state index in [1.165, 1.54) is 24.3 Å². The summed E-state index contributed by atoms with van der Waals surface area (Å²) in [4.78, 5) is 7.97. The van der Waals surface area contributed by atoms with Crippen molar-refractivity contribution in [1.29, 1.82) is 0 Å². The molecule has 2 aromatic carbocycles. The molecular formula is C29H16F6N2O2. The fourth-order valence-corrected chi connectivity index (χ4v) is 3.87. The lowest BCUT2D eigenvalue weighted by Crippen LogP contribution is -2.54. The number of benzene rings is 2. The highest BCUT2D eigenvalue weighted by Gasteiger charge is 2.72. The number of pyridine rings is 2. The fourth-order valence-electron chi connectivity index (χ4n) is 3.87. The van der Waals surface area contributed by atoms with Crippen LogP contribution in [0.4, 0.5) is 26.3 Å². The van der Waals surface area contributed by atoms with Gasteiger partial charge >= 0.3 is 12.4 Å². The molecule has 0 aliphatic heterocycles. The monoisotopic (exact) mass is 538 g/mol. The number of nitrogens with zero attached hydrogens (tertiary/aromatic N) is 2. The van der Waals surface area contributed by atoms with E-state index >= 15 is 0 Å². The lowest BCUT2D eigenvalue weighted by Gasteiger charge is -2.38. The van der Waals surface area contributed by atoms with E-state index < -0.39 is 28.9 Å². The third-order valence-electron chi connectivity index (χ3n) is 5.61. The largest absolute Gasteiger partial charge is 0.439 e. The Labute approximate surface area is 219 Å². The predicted molar refractivity (Wildman–Crippen MR) is 130 cm³/mol. The van der Waals surface area contributed by atoms with Crippen molar-refractivity contribution in [1.82, 2.24) is 9.97 Å². The van der Waals surface area contributed by atoms with E-state index in [0.717, 1.165) is 24.3 Å². The van der Waals surface area contributed by atoms with Crippen LogP contribution in [0.3, 0.4) is 0 Å². The molecule has 0 saturated carbocycles. The van der Waals surface area contributed by atoms with E-state index in [9.17, 15) is 26.3 Å². The second kappa shape index (κ2) is 10.4. The van der Waals surface area contributed by atoms with Gasteiger partial charge in [-0.15, -0.1) is 12.8 Å². The summed E-state index contributed by atoms with van der Waals surface area (Å²) in [5.41, 5.74) is -5.98. The van der Waals surface area contributed by atoms with Crippen molar-refractivity contribution < 1.29 is 35.8 Å². The lowest BCUT2D eigenvalue weighted by molar-refractivity contribution is -0.288. The fraction of sp³-hybridized carbons (Fsp3) is 0.103. The van der Waals surface area contributed by atoms with Crippen molar-refractivity contribution in [2.24, 2.45) is 0 Å². The normalized spacial score (nSPS) is 11.8. The van der Waals surface area contributed by atoms with Gasteiger partial charge < -0.3 is 9.47 Å². The summed E-state index contributed by atoms with van der Waals surface area (Å²) in [7, 11) is 0. The molecule has 0 fully saturated rings. The van der Waals surface area contributed by atoms with E-state index in [4.69, 9.17) is 22.3 Å². The first-order valence-electron chi connectivity index (χ1n) is 11.1. The molecule has 0 unspecified atom stereocenters. The van der Waals surface area contributed by atoms with E-state index in [-0.39, 0.29) is 34.6 Å². The second-order valence-corrected chi connectivity index (χ2v) is 8.01. The van der Waals surface area contributed by atoms with E-state index in [1.807, 2.05) is 0 Å². The summed E-state index contributed by atoms with van der Waals surface area (Å²) in [6, 6.07) is 15.8. The Balaban J connectivity index is 1.72. The molecule has 0 N–H and O–H groups in total. The van der Waals surface area contributed by atoms with Gasteiger partial charge in [0.1, 0.15) is 22.9 Å². The molecule has 0 spiro atoms. The summed E-state index contributed by atoms with van der Waals surface area (Å²) >= 11 is 0. The molecular weight excluding hydrogens is 522 g/mol. The van der Waals surface area contributed by atoms with Crippen LogP contribution in [0.1, 0.15) is 22.5 Å². The Morgan fingerprint density at radius 3 is 1.21 bits per heavy atom. The standard InChI is InChI=1S/C29H16F6N2O2/c1-3-21-7-5-9-25(36-21)38-23-15-11-19(12-16-23)27(28(30,31)32,29(33,34)35)20-13-17-24(18-14-20)39-26-10-6-8-22(4-2)37-26/h1-2,5-18H. The molecule has 39 heavy (non-hydrogen) atoms. The summed E-state index contributed by atoms with van der Waals surface area (Å²) in [6.45, 7) is 0. The van der Waals surface area contributed by atoms with Crippen LogP contribution in [-0.2, 0) is 5.41 Å². The number of alkyl halides is 6. The first-order valence-corrected chi connectivity index (χ1v) is 11.1. The van der Waals surface area contributed by atoms with Crippen LogP contribution in [-0.4, -0.2) is 22.3 Å². The highest BCUT2D eigenvalue weighted by atomic mass is 19.4. The molecule has 2 aromatic heterocycles. The zero-order valence-corrected chi connectivity index (χ0v) is 19.7. The number of hydrogen-bond donors (Lipinski definition) is 0. The topological polar surface area (TPSA) is 44.2 Å². The van der Waals surface area contributed by atoms with E-state index in [2.05, 4.69) is 21.8 Å². The molecule has 0 atom stereocenters. The Morgan fingerprint density at radius 2 is 0.897 bits per heavy atom. The minimum Gasteiger partial charge on any atom is -0.439 e. The van der Waals surface area contributed by atoms with Gasteiger partial charge in [-0.05, 0) is 47.5 Å². The Bertz CT molecular complexity index is 1430. The highest BCUT2D eigenvalue weighted by Crippen LogP contribution is 2.56. The van der Waals surface area contributed by atoms with Crippen LogP contribution >= 0.6 is 0 Å². The zero-order chi connectivity index (χ0) is 28.3. The van der Waals surface area contributed by atoms with Gasteiger partial charge in [-0.2, -0.15) is 26.3 Å². The van der Waals surface area contributed by atoms with Crippen molar-refractivity contribution in [3.63, 3.8) is 0 Å². The van der Waals surface area contributed by atoms with E-state index in [1.54, 1.807) is 12.1 Å². The van der Waals surface area contributed by atoms with Crippen molar-refractivity contribution in [2.45, 2.75) is 17.8 Å². The van der Waals surface area contributed by atoms with Crippen molar-refractivity contribution >= 4 is 0 Å². The molecule has 0 aliphatic carbocycles. The van der Waals surface area contributed by atoms with Gasteiger partial charge in [0.25, 0.3) is 0 Å². The lowest BCUT2D eigenvalue weighted by atomic mass is 9.73. The smallest absolute Gasteiger partial charge is 0.411 e. The van der Waals surface area contributed by atoms with Crippen molar-refractivity contribution in [2.75, 3.05) is 0 Å². The van der Waals surface area contributed by atoms with Crippen molar-refractivity contribution in [3.05, 3.63) is 107 Å². The summed E-state index contributed by atoms with van der Waals surface area (Å²) in [5, 5.41) is 0. The maximum atomic E-state index is 14.5. The van der Waals surface area contributed by atoms with Crippen LogP contribution < -0.4 is 9.47 Å². The van der Waals surface area contributed by atoms with Gasteiger partial charge in [0.2, 0.25) is 17.2 Å². The molecule has 0 aliphatic rings. The van der Waals surface area contributed by atoms with Gasteiger partial charge in [0.05, 0.1) is 0 Å². The number of hydrogen-bond acceptors (Lipinski definition) is 4. The number of aromatic nitrogens is 2. The van der Waals surface area contributed by atoms with Crippen LogP contribution in [0, 0.1) is 24.7 Å². The number of terminal acetylenes is 2. The molecule has 0 amide bonds. The van der Waals surface area contributed by atoms with Gasteiger partial charge in [-0.25, -0.2) is 9.97 Å². The molecule has 4 nitrogen and oxygen atoms in total. The summed E-state index contributed by atoms with van der Waals surface area (Å²) < 4.78 is 97.7. The second-order valence-electron chi connectivity index (χ2n) is 8.01. The maximum absolute atomic E-state index is 14.5. The van der Waals surface area contributed by atoms with Crippen molar-refractivity contribution in [3.8, 4) is 47.9 Å². The van der Waals surface area contributed by atoms with Crippen LogP contribution in [0.15, 0.2) is 84.9 Å². The van der Waals surface area contributed by atoms with Crippen LogP contribution in [0.5, 0.6) is 23.3 Å². The van der Waals surface area contributed by atoms with Gasteiger partial charge in [0, 0.05) is 12.1 Å². The predicted octanol–water partition coefficient (Wildman–Crippen LogP) is 7.43. The van der Waals surface area contributed by atoms with E-state index in [0.29, 0.717) is 24.3 Å². The molecule has 4 rings (SSSR count). The molecule has 10 heteroatoms. The number of rotatable bonds is 6. The SMILES string of the molecule is C#Cc1cccc(Oc2ccc(C(c3ccc(Oc4cccc(C#C)n4)cc3)(C(F)(F)F)C(F)(F)F)cc2)n1. The third-order valence-corrected chi connectivity index (χ3v) is 5.61. The number of halogens is 6. The minimum absolute atomic E-state index is 0.0222. The van der Waals surface area contributed by atoms with Gasteiger partial charge in [0.15, 0.2) is 0 Å². The molecule has 0 bridgehead atoms. The first kappa shape index (κ1) is 27.1. The van der Waals surface area contributed by atoms with Crippen LogP contribution in [0.25, 0.3) is 0 Å². The first-order chi connectivity index (χ1) is 18.5. The summed E-state index contributed by atoms with van der Waals surface area (Å²) in [5.74, 6) is 4.56. The molecule has 0 saturated heterocycles. The van der Waals surface area contributed by atoms with Gasteiger partial charge in [-0.1, -0.05) is 48.2 Å². The maximum Gasteiger partial charge on any atom is 0.411 e. The quantitative estimate of drug-likeness (QED) is 0.189. The Kier molecular flexibility index (Phi) is 7.24. The number of ether oxygens (including phenoxy) is 2. The highest BCUT2D eigenvalue weighted by molar-refractivity contribution is 5.48. The molecule has 196 valence electrons. The van der Waals surface area contributed by atoms with Crippen LogP contribution in [0.2, 0.25) is 0 Å². The molecule has 2 heterocycles. The summed E-state index contributed by atoms with van der Waals surface area (Å²) in [6.07, 6.45) is -0.971. The average molecular weight is 538 g/mol. The molecule has 4 aromatic rings. The zero-order valence-electron chi connectivity index (χ0n) is 19.7.